The van der Waals surface area contributed by atoms with Crippen LogP contribution in [0.5, 0.6) is 0 Å². The number of nitrogens with one attached hydrogen (secondary N) is 1. The minimum Gasteiger partial charge on any atom is -0.314 e. The molecule has 0 bridgehead atoms. The highest BCUT2D eigenvalue weighted by molar-refractivity contribution is 4.99. The van der Waals surface area contributed by atoms with Crippen molar-refractivity contribution in [3.05, 3.63) is 24.0 Å². The third-order valence-electron chi connectivity index (χ3n) is 2.52. The van der Waals surface area contributed by atoms with Crippen molar-refractivity contribution in [3.63, 3.8) is 0 Å². The largest absolute Gasteiger partial charge is 0.314 e. The Kier molecular flexibility index (Phi) is 3.43. The molecule has 1 N–H and O–H groups in total. The van der Waals surface area contributed by atoms with Gasteiger partial charge >= 0.3 is 0 Å². The fraction of sp³-hybridized carbons (Fsp3) is 0.600. The van der Waals surface area contributed by atoms with E-state index in [0.717, 1.165) is 44.8 Å². The van der Waals surface area contributed by atoms with Crippen molar-refractivity contribution >= 4 is 0 Å². The van der Waals surface area contributed by atoms with E-state index in [1.54, 1.807) is 6.20 Å². The Bertz CT molecular complexity index is 256. The molecule has 14 heavy (non-hydrogen) atoms. The van der Waals surface area contributed by atoms with Gasteiger partial charge in [-0.25, -0.2) is 0 Å². The molecule has 1 aromatic rings. The van der Waals surface area contributed by atoms with Gasteiger partial charge in [0.1, 0.15) is 0 Å². The van der Waals surface area contributed by atoms with Gasteiger partial charge in [-0.05, 0) is 12.1 Å². The zero-order valence-corrected chi connectivity index (χ0v) is 8.32. The van der Waals surface area contributed by atoms with Crippen LogP contribution < -0.4 is 5.32 Å². The van der Waals surface area contributed by atoms with E-state index in [0.29, 0.717) is 0 Å². The standard InChI is InChI=1S/C10H16N4/c1-2-10(13-12-4-1)3-7-14-8-5-11-6-9-14/h1-2,4,11H,3,5-9H2. The van der Waals surface area contributed by atoms with Crippen molar-refractivity contribution in [2.45, 2.75) is 6.42 Å². The van der Waals surface area contributed by atoms with Crippen LogP contribution in [0.1, 0.15) is 5.69 Å². The third-order valence-corrected chi connectivity index (χ3v) is 2.52. The lowest BCUT2D eigenvalue weighted by atomic mass is 10.2. The maximum atomic E-state index is 4.07. The molecule has 1 aliphatic rings. The summed E-state index contributed by atoms with van der Waals surface area (Å²) < 4.78 is 0. The van der Waals surface area contributed by atoms with E-state index in [-0.39, 0.29) is 0 Å². The van der Waals surface area contributed by atoms with E-state index < -0.39 is 0 Å². The van der Waals surface area contributed by atoms with E-state index in [9.17, 15) is 0 Å². The van der Waals surface area contributed by atoms with Gasteiger partial charge in [-0.15, -0.1) is 0 Å². The number of hydrogen-bond acceptors (Lipinski definition) is 4. The third kappa shape index (κ3) is 2.75. The highest BCUT2D eigenvalue weighted by Gasteiger charge is 2.08. The van der Waals surface area contributed by atoms with E-state index in [1.165, 1.54) is 0 Å². The van der Waals surface area contributed by atoms with Crippen LogP contribution in [0.15, 0.2) is 18.3 Å². The molecule has 0 radical (unpaired) electrons. The SMILES string of the molecule is c1cnnc(CCN2CCNCC2)c1. The molecule has 0 aliphatic carbocycles. The molecule has 4 nitrogen and oxygen atoms in total. The fourth-order valence-corrected chi connectivity index (χ4v) is 1.67. The molecule has 1 aliphatic heterocycles. The second kappa shape index (κ2) is 5.02. The van der Waals surface area contributed by atoms with Crippen LogP contribution >= 0.6 is 0 Å². The number of aromatic nitrogens is 2. The average molecular weight is 192 g/mol. The molecule has 0 unspecified atom stereocenters. The molecule has 0 atom stereocenters. The molecule has 0 spiro atoms. The normalized spacial score (nSPS) is 18.3. The molecule has 76 valence electrons. The predicted octanol–water partition coefficient (Wildman–Crippen LogP) is -0.0757. The van der Waals surface area contributed by atoms with Crippen LogP contribution in [0.3, 0.4) is 0 Å². The van der Waals surface area contributed by atoms with Crippen LogP contribution in [0, 0.1) is 0 Å². The highest BCUT2D eigenvalue weighted by Crippen LogP contribution is 1.97. The van der Waals surface area contributed by atoms with Crippen molar-refractivity contribution in [1.29, 1.82) is 0 Å². The maximum Gasteiger partial charge on any atom is 0.0643 e. The van der Waals surface area contributed by atoms with Gasteiger partial charge in [-0.2, -0.15) is 10.2 Å². The second-order valence-corrected chi connectivity index (χ2v) is 3.56. The van der Waals surface area contributed by atoms with Gasteiger partial charge in [0, 0.05) is 45.3 Å². The van der Waals surface area contributed by atoms with Gasteiger partial charge in [0.05, 0.1) is 5.69 Å². The molecule has 0 aromatic carbocycles. The maximum absolute atomic E-state index is 4.07. The lowest BCUT2D eigenvalue weighted by Gasteiger charge is -2.26. The zero-order valence-electron chi connectivity index (χ0n) is 8.32. The Hall–Kier alpha value is -1.00. The summed E-state index contributed by atoms with van der Waals surface area (Å²) >= 11 is 0. The topological polar surface area (TPSA) is 41.1 Å². The lowest BCUT2D eigenvalue weighted by Crippen LogP contribution is -2.44. The molecule has 0 saturated carbocycles. The van der Waals surface area contributed by atoms with Crippen LogP contribution in [-0.4, -0.2) is 47.8 Å². The summed E-state index contributed by atoms with van der Waals surface area (Å²) in [7, 11) is 0. The van der Waals surface area contributed by atoms with Gasteiger partial charge < -0.3 is 10.2 Å². The number of nitrogens with zero attached hydrogens (tertiary/aromatic N) is 3. The molecule has 4 heteroatoms. The van der Waals surface area contributed by atoms with Gasteiger partial charge in [0.25, 0.3) is 0 Å². The Morgan fingerprint density at radius 3 is 2.93 bits per heavy atom. The van der Waals surface area contributed by atoms with Crippen molar-refractivity contribution < 1.29 is 0 Å². The number of hydrogen-bond donors (Lipinski definition) is 1. The minimum absolute atomic E-state index is 1.01. The van der Waals surface area contributed by atoms with Crippen LogP contribution in [-0.2, 0) is 6.42 Å². The monoisotopic (exact) mass is 192 g/mol. The van der Waals surface area contributed by atoms with E-state index in [4.69, 9.17) is 0 Å². The molecule has 1 aromatic heterocycles. The molecular weight excluding hydrogens is 176 g/mol. The number of rotatable bonds is 3. The first kappa shape index (κ1) is 9.55. The van der Waals surface area contributed by atoms with Crippen molar-refractivity contribution in [2.24, 2.45) is 0 Å². The van der Waals surface area contributed by atoms with Crippen molar-refractivity contribution in [3.8, 4) is 0 Å². The summed E-state index contributed by atoms with van der Waals surface area (Å²) in [5.74, 6) is 0. The molecule has 1 saturated heterocycles. The summed E-state index contributed by atoms with van der Waals surface area (Å²) in [6.45, 7) is 5.63. The first-order valence-corrected chi connectivity index (χ1v) is 5.15. The van der Waals surface area contributed by atoms with E-state index >= 15 is 0 Å². The highest BCUT2D eigenvalue weighted by atomic mass is 15.2. The minimum atomic E-state index is 1.01. The first-order valence-electron chi connectivity index (χ1n) is 5.15. The predicted molar refractivity (Wildman–Crippen MR) is 55.0 cm³/mol. The smallest absolute Gasteiger partial charge is 0.0643 e. The van der Waals surface area contributed by atoms with Gasteiger partial charge in [0.15, 0.2) is 0 Å². The summed E-state index contributed by atoms with van der Waals surface area (Å²) in [5, 5.41) is 11.3. The van der Waals surface area contributed by atoms with E-state index in [1.807, 2.05) is 12.1 Å². The van der Waals surface area contributed by atoms with Crippen LogP contribution in [0.2, 0.25) is 0 Å². The van der Waals surface area contributed by atoms with Crippen LogP contribution in [0.4, 0.5) is 0 Å². The quantitative estimate of drug-likeness (QED) is 0.727. The lowest BCUT2D eigenvalue weighted by molar-refractivity contribution is 0.243. The Balaban J connectivity index is 1.76. The Labute approximate surface area is 84.3 Å². The van der Waals surface area contributed by atoms with Crippen molar-refractivity contribution in [2.75, 3.05) is 32.7 Å². The Morgan fingerprint density at radius 1 is 1.36 bits per heavy atom. The molecule has 1 fully saturated rings. The van der Waals surface area contributed by atoms with Crippen LogP contribution in [0.25, 0.3) is 0 Å². The van der Waals surface area contributed by atoms with Gasteiger partial charge in [-0.1, -0.05) is 0 Å². The van der Waals surface area contributed by atoms with Gasteiger partial charge in [0.2, 0.25) is 0 Å². The average Bonchev–Trinajstić information content (AvgIpc) is 2.29. The molecular formula is C10H16N4. The fourth-order valence-electron chi connectivity index (χ4n) is 1.67. The van der Waals surface area contributed by atoms with E-state index in [2.05, 4.69) is 20.4 Å². The molecule has 2 heterocycles. The molecule has 0 amide bonds. The van der Waals surface area contributed by atoms with Gasteiger partial charge in [-0.3, -0.25) is 0 Å². The summed E-state index contributed by atoms with van der Waals surface area (Å²) in [6.07, 6.45) is 2.72. The Morgan fingerprint density at radius 2 is 2.21 bits per heavy atom. The summed E-state index contributed by atoms with van der Waals surface area (Å²) in [5.41, 5.74) is 1.09. The van der Waals surface area contributed by atoms with Crippen molar-refractivity contribution in [1.82, 2.24) is 20.4 Å². The zero-order chi connectivity index (χ0) is 9.64. The molecule has 2 rings (SSSR count). The second-order valence-electron chi connectivity index (χ2n) is 3.56. The summed E-state index contributed by atoms with van der Waals surface area (Å²) in [4.78, 5) is 2.46. The first-order chi connectivity index (χ1) is 6.95. The summed E-state index contributed by atoms with van der Waals surface area (Å²) in [6, 6.07) is 3.98. The number of piperazine rings is 1.